The third kappa shape index (κ3) is 3.88. The number of aromatic nitrogens is 2. The number of fused-ring (bicyclic) bond motifs is 1. The van der Waals surface area contributed by atoms with Gasteiger partial charge in [0.25, 0.3) is 0 Å². The summed E-state index contributed by atoms with van der Waals surface area (Å²) >= 11 is 3.23. The van der Waals surface area contributed by atoms with Crippen LogP contribution in [0.25, 0.3) is 10.9 Å². The molecule has 1 aromatic heterocycles. The minimum atomic E-state index is -0.390. The molecule has 7 heteroatoms. The van der Waals surface area contributed by atoms with Crippen LogP contribution in [0.2, 0.25) is 0 Å². The second-order valence-corrected chi connectivity index (χ2v) is 6.22. The Morgan fingerprint density at radius 2 is 2.12 bits per heavy atom. The summed E-state index contributed by atoms with van der Waals surface area (Å²) in [6.45, 7) is 4.14. The van der Waals surface area contributed by atoms with E-state index < -0.39 is 5.82 Å². The van der Waals surface area contributed by atoms with E-state index in [4.69, 9.17) is 10.5 Å². The molecule has 3 aromatic rings. The number of benzene rings is 2. The average molecular weight is 403 g/mol. The van der Waals surface area contributed by atoms with Crippen LogP contribution < -0.4 is 15.8 Å². The summed E-state index contributed by atoms with van der Waals surface area (Å²) in [5.74, 6) is 0.628. The van der Waals surface area contributed by atoms with Gasteiger partial charge < -0.3 is 15.8 Å². The molecule has 3 rings (SSSR count). The van der Waals surface area contributed by atoms with E-state index in [0.29, 0.717) is 44.9 Å². The largest absolute Gasteiger partial charge is 0.491 e. The van der Waals surface area contributed by atoms with Crippen LogP contribution in [0.3, 0.4) is 0 Å². The Labute approximate surface area is 152 Å². The maximum Gasteiger partial charge on any atom is 0.147 e. The van der Waals surface area contributed by atoms with Crippen molar-refractivity contribution in [3.8, 4) is 5.75 Å². The predicted molar refractivity (Wildman–Crippen MR) is 102 cm³/mol. The average Bonchev–Trinajstić information content (AvgIpc) is 2.58. The number of hydrogen-bond donors (Lipinski definition) is 2. The molecule has 128 valence electrons. The summed E-state index contributed by atoms with van der Waals surface area (Å²) in [5, 5.41) is 3.66. The zero-order valence-corrected chi connectivity index (χ0v) is 14.9. The summed E-state index contributed by atoms with van der Waals surface area (Å²) in [5.41, 5.74) is 7.49. The fourth-order valence-corrected chi connectivity index (χ4v) is 2.63. The van der Waals surface area contributed by atoms with Crippen LogP contribution >= 0.6 is 15.9 Å². The van der Waals surface area contributed by atoms with E-state index in [-0.39, 0.29) is 0 Å². The topological polar surface area (TPSA) is 73.1 Å². The lowest BCUT2D eigenvalue weighted by Crippen LogP contribution is -2.02. The number of anilines is 3. The summed E-state index contributed by atoms with van der Waals surface area (Å²) in [6.07, 6.45) is 3.90. The number of nitrogens with two attached hydrogens (primary N) is 1. The van der Waals surface area contributed by atoms with Crippen molar-refractivity contribution in [2.45, 2.75) is 6.42 Å². The lowest BCUT2D eigenvalue weighted by molar-refractivity contribution is 0.327. The van der Waals surface area contributed by atoms with E-state index in [2.05, 4.69) is 37.8 Å². The molecule has 0 aliphatic rings. The molecular formula is C18H16BrFN4O. The molecule has 0 bridgehead atoms. The molecule has 2 aromatic carbocycles. The Morgan fingerprint density at radius 3 is 2.88 bits per heavy atom. The van der Waals surface area contributed by atoms with Crippen molar-refractivity contribution in [2.75, 3.05) is 17.7 Å². The molecule has 5 nitrogen and oxygen atoms in total. The van der Waals surface area contributed by atoms with Gasteiger partial charge in [-0.3, -0.25) is 0 Å². The number of halogens is 2. The highest BCUT2D eigenvalue weighted by Crippen LogP contribution is 2.32. The molecule has 0 aliphatic heterocycles. The first-order valence-corrected chi connectivity index (χ1v) is 8.38. The number of rotatable bonds is 6. The van der Waals surface area contributed by atoms with Crippen LogP contribution in [-0.4, -0.2) is 16.6 Å². The molecule has 1 heterocycles. The lowest BCUT2D eigenvalue weighted by Gasteiger charge is -2.12. The van der Waals surface area contributed by atoms with E-state index in [1.165, 1.54) is 12.4 Å². The predicted octanol–water partition coefficient (Wildman–Crippen LogP) is 4.81. The van der Waals surface area contributed by atoms with Crippen LogP contribution in [-0.2, 0) is 0 Å². The molecule has 0 saturated heterocycles. The SMILES string of the molecule is C=CCCOc1cc2ncnc(Nc3ccc(Br)cc3F)c2cc1N. The molecule has 0 spiro atoms. The zero-order valence-electron chi connectivity index (χ0n) is 13.3. The summed E-state index contributed by atoms with van der Waals surface area (Å²) in [6, 6.07) is 8.22. The van der Waals surface area contributed by atoms with Gasteiger partial charge >= 0.3 is 0 Å². The Kier molecular flexibility index (Phi) is 5.14. The monoisotopic (exact) mass is 402 g/mol. The van der Waals surface area contributed by atoms with Gasteiger partial charge in [-0.15, -0.1) is 6.58 Å². The third-order valence-electron chi connectivity index (χ3n) is 3.53. The van der Waals surface area contributed by atoms with Gasteiger partial charge in [-0.05, 0) is 30.7 Å². The molecule has 25 heavy (non-hydrogen) atoms. The molecule has 0 saturated carbocycles. The van der Waals surface area contributed by atoms with Crippen LogP contribution in [0.1, 0.15) is 6.42 Å². The molecule has 0 amide bonds. The van der Waals surface area contributed by atoms with Crippen molar-refractivity contribution >= 4 is 44.0 Å². The first-order valence-electron chi connectivity index (χ1n) is 7.58. The van der Waals surface area contributed by atoms with Gasteiger partial charge in [-0.1, -0.05) is 22.0 Å². The van der Waals surface area contributed by atoms with Crippen LogP contribution in [0.5, 0.6) is 5.75 Å². The van der Waals surface area contributed by atoms with Gasteiger partial charge in [0.15, 0.2) is 0 Å². The van der Waals surface area contributed by atoms with Crippen molar-refractivity contribution in [1.29, 1.82) is 0 Å². The first kappa shape index (κ1) is 17.2. The third-order valence-corrected chi connectivity index (χ3v) is 4.02. The van der Waals surface area contributed by atoms with E-state index in [1.807, 2.05) is 0 Å². The molecule has 0 atom stereocenters. The van der Waals surface area contributed by atoms with Gasteiger partial charge in [0.2, 0.25) is 0 Å². The molecule has 0 aliphatic carbocycles. The summed E-state index contributed by atoms with van der Waals surface area (Å²) < 4.78 is 20.4. The smallest absolute Gasteiger partial charge is 0.147 e. The van der Waals surface area contributed by atoms with E-state index in [9.17, 15) is 4.39 Å². The van der Waals surface area contributed by atoms with E-state index >= 15 is 0 Å². The van der Waals surface area contributed by atoms with Crippen LogP contribution in [0, 0.1) is 5.82 Å². The molecule has 0 radical (unpaired) electrons. The van der Waals surface area contributed by atoms with Gasteiger partial charge in [-0.25, -0.2) is 14.4 Å². The minimum Gasteiger partial charge on any atom is -0.491 e. The molecule has 0 fully saturated rings. The molecule has 3 N–H and O–H groups in total. The molecular weight excluding hydrogens is 387 g/mol. The minimum absolute atomic E-state index is 0.313. The number of nitrogens with one attached hydrogen (secondary N) is 1. The highest BCUT2D eigenvalue weighted by molar-refractivity contribution is 9.10. The number of nitrogen functional groups attached to an aromatic ring is 1. The second kappa shape index (κ2) is 7.48. The zero-order chi connectivity index (χ0) is 17.8. The Morgan fingerprint density at radius 1 is 1.28 bits per heavy atom. The fourth-order valence-electron chi connectivity index (χ4n) is 2.30. The Bertz CT molecular complexity index is 932. The standard InChI is InChI=1S/C18H16BrFN4O/c1-2-3-6-25-17-9-16-12(8-14(17)21)18(23-10-22-16)24-15-5-4-11(19)7-13(15)20/h2,4-5,7-10H,1,3,6,21H2,(H,22,23,24). The highest BCUT2D eigenvalue weighted by atomic mass is 79.9. The maximum absolute atomic E-state index is 14.1. The van der Waals surface area contributed by atoms with Gasteiger partial charge in [0.1, 0.15) is 23.7 Å². The van der Waals surface area contributed by atoms with Gasteiger partial charge in [0.05, 0.1) is 23.5 Å². The quantitative estimate of drug-likeness (QED) is 0.351. The van der Waals surface area contributed by atoms with Crippen molar-refractivity contribution in [3.05, 3.63) is 59.6 Å². The van der Waals surface area contributed by atoms with Crippen molar-refractivity contribution in [2.24, 2.45) is 0 Å². The summed E-state index contributed by atoms with van der Waals surface area (Å²) in [7, 11) is 0. The van der Waals surface area contributed by atoms with Crippen LogP contribution in [0.4, 0.5) is 21.6 Å². The number of nitrogens with zero attached hydrogens (tertiary/aromatic N) is 2. The van der Waals surface area contributed by atoms with Crippen molar-refractivity contribution in [3.63, 3.8) is 0 Å². The maximum atomic E-state index is 14.1. The van der Waals surface area contributed by atoms with Gasteiger partial charge in [-0.2, -0.15) is 0 Å². The van der Waals surface area contributed by atoms with E-state index in [0.717, 1.165) is 6.42 Å². The molecule has 0 unspecified atom stereocenters. The van der Waals surface area contributed by atoms with Crippen molar-refractivity contribution < 1.29 is 9.13 Å². The number of ether oxygens (including phenoxy) is 1. The van der Waals surface area contributed by atoms with Crippen molar-refractivity contribution in [1.82, 2.24) is 9.97 Å². The Hall–Kier alpha value is -2.67. The normalized spacial score (nSPS) is 10.6. The second-order valence-electron chi connectivity index (χ2n) is 5.30. The highest BCUT2D eigenvalue weighted by Gasteiger charge is 2.11. The fraction of sp³-hybridized carbons (Fsp3) is 0.111. The van der Waals surface area contributed by atoms with Crippen LogP contribution in [0.15, 0.2) is 53.8 Å². The number of hydrogen-bond acceptors (Lipinski definition) is 5. The van der Waals surface area contributed by atoms with Gasteiger partial charge in [0, 0.05) is 15.9 Å². The Balaban J connectivity index is 1.96. The first-order chi connectivity index (χ1) is 12.1. The summed E-state index contributed by atoms with van der Waals surface area (Å²) in [4.78, 5) is 8.44. The van der Waals surface area contributed by atoms with E-state index in [1.54, 1.807) is 30.3 Å². The lowest BCUT2D eigenvalue weighted by atomic mass is 10.2.